The summed E-state index contributed by atoms with van der Waals surface area (Å²) in [4.78, 5) is 8.60. The summed E-state index contributed by atoms with van der Waals surface area (Å²) in [5.41, 5.74) is 8.16. The molecular weight excluding hydrogens is 297 g/mol. The van der Waals surface area contributed by atoms with Crippen molar-refractivity contribution < 1.29 is 4.39 Å². The fourth-order valence-electron chi connectivity index (χ4n) is 1.75. The van der Waals surface area contributed by atoms with E-state index in [1.165, 1.54) is 12.1 Å². The van der Waals surface area contributed by atoms with Crippen LogP contribution < -0.4 is 5.73 Å². The number of aromatic nitrogens is 2. The molecule has 5 heteroatoms. The zero-order chi connectivity index (χ0) is 13.3. The molecule has 0 aliphatic rings. The first-order chi connectivity index (χ1) is 8.47. The minimum Gasteiger partial charge on any atom is -0.324 e. The van der Waals surface area contributed by atoms with Crippen molar-refractivity contribution in [1.82, 2.24) is 9.97 Å². The summed E-state index contributed by atoms with van der Waals surface area (Å²) >= 11 is 3.25. The van der Waals surface area contributed by atoms with Crippen molar-refractivity contribution >= 4 is 15.9 Å². The van der Waals surface area contributed by atoms with Crippen LogP contribution in [0.5, 0.6) is 0 Å². The Hall–Kier alpha value is -1.33. The molecule has 3 nitrogen and oxygen atoms in total. The van der Waals surface area contributed by atoms with Crippen molar-refractivity contribution in [3.8, 4) is 11.4 Å². The van der Waals surface area contributed by atoms with E-state index in [0.29, 0.717) is 15.9 Å². The largest absolute Gasteiger partial charge is 0.324 e. The molecule has 0 aliphatic heterocycles. The molecule has 0 aliphatic carbocycles. The number of benzene rings is 1. The van der Waals surface area contributed by atoms with Gasteiger partial charge >= 0.3 is 0 Å². The third-order valence-electron chi connectivity index (χ3n) is 2.63. The molecule has 0 bridgehead atoms. The van der Waals surface area contributed by atoms with Crippen LogP contribution in [0, 0.1) is 12.7 Å². The molecule has 2 N–H and O–H groups in total. The van der Waals surface area contributed by atoms with E-state index in [4.69, 9.17) is 5.73 Å². The third kappa shape index (κ3) is 2.73. The molecule has 2 rings (SSSR count). The SMILES string of the molecule is Cc1nc(-c2cc(F)cc(Br)c2)ncc1C(C)N. The molecule has 1 aromatic heterocycles. The van der Waals surface area contributed by atoms with Gasteiger partial charge in [-0.2, -0.15) is 0 Å². The summed E-state index contributed by atoms with van der Waals surface area (Å²) in [6.45, 7) is 3.75. The Morgan fingerprint density at radius 2 is 2.06 bits per heavy atom. The van der Waals surface area contributed by atoms with Crippen LogP contribution in [0.4, 0.5) is 4.39 Å². The number of halogens is 2. The van der Waals surface area contributed by atoms with E-state index in [0.717, 1.165) is 11.3 Å². The minimum absolute atomic E-state index is 0.113. The molecule has 94 valence electrons. The second-order valence-corrected chi connectivity index (χ2v) is 5.10. The van der Waals surface area contributed by atoms with Crippen molar-refractivity contribution in [2.24, 2.45) is 5.73 Å². The van der Waals surface area contributed by atoms with Crippen molar-refractivity contribution in [3.05, 3.63) is 45.9 Å². The smallest absolute Gasteiger partial charge is 0.159 e. The van der Waals surface area contributed by atoms with Gasteiger partial charge in [-0.3, -0.25) is 0 Å². The van der Waals surface area contributed by atoms with Crippen molar-refractivity contribution in [3.63, 3.8) is 0 Å². The summed E-state index contributed by atoms with van der Waals surface area (Å²) in [5, 5.41) is 0. The highest BCUT2D eigenvalue weighted by Gasteiger charge is 2.09. The molecule has 0 radical (unpaired) electrons. The van der Waals surface area contributed by atoms with Crippen LogP contribution in [-0.2, 0) is 0 Å². The number of rotatable bonds is 2. The lowest BCUT2D eigenvalue weighted by Gasteiger charge is -2.10. The molecule has 0 saturated carbocycles. The fraction of sp³-hybridized carbons (Fsp3) is 0.231. The van der Waals surface area contributed by atoms with Gasteiger partial charge in [0.25, 0.3) is 0 Å². The first-order valence-corrected chi connectivity index (χ1v) is 6.32. The van der Waals surface area contributed by atoms with Crippen molar-refractivity contribution in [1.29, 1.82) is 0 Å². The van der Waals surface area contributed by atoms with Crippen LogP contribution >= 0.6 is 15.9 Å². The second-order valence-electron chi connectivity index (χ2n) is 4.18. The first kappa shape index (κ1) is 13.1. The molecule has 0 spiro atoms. The number of nitrogens with zero attached hydrogens (tertiary/aromatic N) is 2. The van der Waals surface area contributed by atoms with E-state index in [1.807, 2.05) is 13.8 Å². The quantitative estimate of drug-likeness (QED) is 0.925. The summed E-state index contributed by atoms with van der Waals surface area (Å²) in [7, 11) is 0. The molecular formula is C13H13BrFN3. The Kier molecular flexibility index (Phi) is 3.73. The standard InChI is InChI=1S/C13H13BrFN3/c1-7(16)12-6-17-13(18-8(12)2)9-3-10(14)5-11(15)4-9/h3-7H,16H2,1-2H3. The summed E-state index contributed by atoms with van der Waals surface area (Å²) in [6, 6.07) is 4.47. The van der Waals surface area contributed by atoms with Crippen LogP contribution in [0.25, 0.3) is 11.4 Å². The molecule has 1 atom stereocenters. The molecule has 18 heavy (non-hydrogen) atoms. The third-order valence-corrected chi connectivity index (χ3v) is 3.09. The average molecular weight is 310 g/mol. The maximum atomic E-state index is 13.3. The lowest BCUT2D eigenvalue weighted by atomic mass is 10.1. The van der Waals surface area contributed by atoms with Gasteiger partial charge in [-0.25, -0.2) is 14.4 Å². The second kappa shape index (κ2) is 5.12. The molecule has 1 aromatic carbocycles. The zero-order valence-corrected chi connectivity index (χ0v) is 11.7. The zero-order valence-electron chi connectivity index (χ0n) is 10.1. The lowest BCUT2D eigenvalue weighted by Crippen LogP contribution is -2.09. The van der Waals surface area contributed by atoms with Gasteiger partial charge in [-0.15, -0.1) is 0 Å². The Bertz CT molecular complexity index is 564. The predicted molar refractivity (Wildman–Crippen MR) is 72.5 cm³/mol. The van der Waals surface area contributed by atoms with Crippen LogP contribution in [0.15, 0.2) is 28.9 Å². The van der Waals surface area contributed by atoms with Crippen LogP contribution in [-0.4, -0.2) is 9.97 Å². The lowest BCUT2D eigenvalue weighted by molar-refractivity contribution is 0.627. The molecule has 0 amide bonds. The number of aryl methyl sites for hydroxylation is 1. The van der Waals surface area contributed by atoms with Crippen LogP contribution in [0.3, 0.4) is 0 Å². The molecule has 1 unspecified atom stereocenters. The normalized spacial score (nSPS) is 12.5. The highest BCUT2D eigenvalue weighted by molar-refractivity contribution is 9.10. The number of hydrogen-bond donors (Lipinski definition) is 1. The summed E-state index contributed by atoms with van der Waals surface area (Å²) in [5.74, 6) is 0.175. The number of nitrogens with two attached hydrogens (primary N) is 1. The van der Waals surface area contributed by atoms with E-state index < -0.39 is 0 Å². The van der Waals surface area contributed by atoms with Gasteiger partial charge in [0.15, 0.2) is 5.82 Å². The van der Waals surface area contributed by atoms with Crippen LogP contribution in [0.1, 0.15) is 24.2 Å². The van der Waals surface area contributed by atoms with E-state index in [-0.39, 0.29) is 11.9 Å². The van der Waals surface area contributed by atoms with Gasteiger partial charge in [0.05, 0.1) is 0 Å². The maximum Gasteiger partial charge on any atom is 0.159 e. The maximum absolute atomic E-state index is 13.3. The molecule has 1 heterocycles. The Balaban J connectivity index is 2.48. The van der Waals surface area contributed by atoms with Gasteiger partial charge in [-0.05, 0) is 32.0 Å². The topological polar surface area (TPSA) is 51.8 Å². The monoisotopic (exact) mass is 309 g/mol. The van der Waals surface area contributed by atoms with Crippen LogP contribution in [0.2, 0.25) is 0 Å². The first-order valence-electron chi connectivity index (χ1n) is 5.53. The number of hydrogen-bond acceptors (Lipinski definition) is 3. The summed E-state index contributed by atoms with van der Waals surface area (Å²) < 4.78 is 14.0. The summed E-state index contributed by atoms with van der Waals surface area (Å²) in [6.07, 6.45) is 1.70. The van der Waals surface area contributed by atoms with E-state index in [1.54, 1.807) is 12.3 Å². The van der Waals surface area contributed by atoms with Gasteiger partial charge in [0, 0.05) is 33.5 Å². The van der Waals surface area contributed by atoms with Gasteiger partial charge in [0.1, 0.15) is 5.82 Å². The Labute approximate surface area is 113 Å². The molecule has 2 aromatic rings. The molecule has 0 saturated heterocycles. The van der Waals surface area contributed by atoms with E-state index in [9.17, 15) is 4.39 Å². The van der Waals surface area contributed by atoms with E-state index in [2.05, 4.69) is 25.9 Å². The Morgan fingerprint density at radius 1 is 1.33 bits per heavy atom. The molecule has 0 fully saturated rings. The van der Waals surface area contributed by atoms with E-state index >= 15 is 0 Å². The highest BCUT2D eigenvalue weighted by Crippen LogP contribution is 2.23. The minimum atomic E-state index is -0.322. The van der Waals surface area contributed by atoms with Crippen molar-refractivity contribution in [2.45, 2.75) is 19.9 Å². The van der Waals surface area contributed by atoms with Gasteiger partial charge in [0.2, 0.25) is 0 Å². The highest BCUT2D eigenvalue weighted by atomic mass is 79.9. The van der Waals surface area contributed by atoms with Gasteiger partial charge in [-0.1, -0.05) is 15.9 Å². The average Bonchev–Trinajstić information content (AvgIpc) is 2.26. The van der Waals surface area contributed by atoms with Crippen molar-refractivity contribution in [2.75, 3.05) is 0 Å². The predicted octanol–water partition coefficient (Wildman–Crippen LogP) is 3.37. The van der Waals surface area contributed by atoms with Gasteiger partial charge < -0.3 is 5.73 Å². The Morgan fingerprint density at radius 3 is 2.61 bits per heavy atom. The fourth-order valence-corrected chi connectivity index (χ4v) is 2.21.